The molecule has 2 aromatic carbocycles. The number of nitrogens with one attached hydrogen (secondary N) is 1. The third-order valence-corrected chi connectivity index (χ3v) is 6.83. The SMILES string of the molecule is CC(C)Oc1ccc(C(=O)NCCN2CCN(S(=O)(=O)c3ccccc3)CC2)cc1. The van der Waals surface area contributed by atoms with Gasteiger partial charge >= 0.3 is 0 Å². The van der Waals surface area contributed by atoms with Crippen molar-refractivity contribution in [2.24, 2.45) is 0 Å². The molecule has 0 aliphatic carbocycles. The van der Waals surface area contributed by atoms with E-state index >= 15 is 0 Å². The van der Waals surface area contributed by atoms with E-state index in [2.05, 4.69) is 10.2 Å². The fourth-order valence-corrected chi connectivity index (χ4v) is 4.76. The highest BCUT2D eigenvalue weighted by Gasteiger charge is 2.28. The highest BCUT2D eigenvalue weighted by atomic mass is 32.2. The van der Waals surface area contributed by atoms with E-state index in [4.69, 9.17) is 4.74 Å². The first-order valence-corrected chi connectivity index (χ1v) is 11.6. The van der Waals surface area contributed by atoms with Crippen LogP contribution in [0.4, 0.5) is 0 Å². The van der Waals surface area contributed by atoms with Gasteiger partial charge in [-0.1, -0.05) is 18.2 Å². The fraction of sp³-hybridized carbons (Fsp3) is 0.409. The minimum atomic E-state index is -3.44. The molecule has 3 rings (SSSR count). The van der Waals surface area contributed by atoms with Crippen LogP contribution in [0.1, 0.15) is 24.2 Å². The molecule has 1 fully saturated rings. The second-order valence-electron chi connectivity index (χ2n) is 7.51. The molecule has 1 N–H and O–H groups in total. The Morgan fingerprint density at radius 1 is 1.00 bits per heavy atom. The van der Waals surface area contributed by atoms with Gasteiger partial charge in [-0.15, -0.1) is 0 Å². The van der Waals surface area contributed by atoms with Crippen LogP contribution < -0.4 is 10.1 Å². The molecule has 2 aromatic rings. The summed E-state index contributed by atoms with van der Waals surface area (Å²) in [4.78, 5) is 14.8. The molecule has 1 saturated heterocycles. The Morgan fingerprint density at radius 3 is 2.23 bits per heavy atom. The van der Waals surface area contributed by atoms with E-state index in [0.717, 1.165) is 5.75 Å². The van der Waals surface area contributed by atoms with Gasteiger partial charge in [-0.05, 0) is 50.2 Å². The second kappa shape index (κ2) is 10.1. The normalized spacial score (nSPS) is 15.8. The molecule has 0 radical (unpaired) electrons. The van der Waals surface area contributed by atoms with Crippen LogP contribution in [0.3, 0.4) is 0 Å². The molecule has 0 aromatic heterocycles. The number of nitrogens with zero attached hydrogens (tertiary/aromatic N) is 2. The van der Waals surface area contributed by atoms with E-state index < -0.39 is 10.0 Å². The number of rotatable bonds is 8. The molecule has 0 spiro atoms. The standard InChI is InChI=1S/C22H29N3O4S/c1-18(2)29-20-10-8-19(9-11-20)22(26)23-12-13-24-14-16-25(17-15-24)30(27,28)21-6-4-3-5-7-21/h3-11,18H,12-17H2,1-2H3,(H,23,26). The Hall–Kier alpha value is -2.42. The Bertz CT molecular complexity index is 923. The molecular formula is C22H29N3O4S. The molecule has 0 atom stereocenters. The fourth-order valence-electron chi connectivity index (χ4n) is 3.32. The van der Waals surface area contributed by atoms with Crippen molar-refractivity contribution in [2.75, 3.05) is 39.3 Å². The molecule has 1 aliphatic rings. The number of ether oxygens (including phenoxy) is 1. The molecule has 0 unspecified atom stereocenters. The van der Waals surface area contributed by atoms with Crippen LogP contribution in [0, 0.1) is 0 Å². The average molecular weight is 432 g/mol. The van der Waals surface area contributed by atoms with Crippen molar-refractivity contribution < 1.29 is 17.9 Å². The summed E-state index contributed by atoms with van der Waals surface area (Å²) in [5.74, 6) is 0.612. The number of hydrogen-bond acceptors (Lipinski definition) is 5. The maximum absolute atomic E-state index is 12.7. The number of piperazine rings is 1. The predicted octanol–water partition coefficient (Wildman–Crippen LogP) is 2.21. The van der Waals surface area contributed by atoms with E-state index in [1.54, 1.807) is 54.6 Å². The number of sulfonamides is 1. The van der Waals surface area contributed by atoms with Crippen molar-refractivity contribution in [1.29, 1.82) is 0 Å². The van der Waals surface area contributed by atoms with Gasteiger partial charge in [0, 0.05) is 44.8 Å². The number of carbonyl (C=O) groups is 1. The molecule has 30 heavy (non-hydrogen) atoms. The summed E-state index contributed by atoms with van der Waals surface area (Å²) in [6, 6.07) is 15.6. The smallest absolute Gasteiger partial charge is 0.251 e. The summed E-state index contributed by atoms with van der Waals surface area (Å²) in [7, 11) is -3.44. The summed E-state index contributed by atoms with van der Waals surface area (Å²) < 4.78 is 32.5. The molecule has 1 heterocycles. The predicted molar refractivity (Wildman–Crippen MR) is 116 cm³/mol. The van der Waals surface area contributed by atoms with Crippen molar-refractivity contribution in [2.45, 2.75) is 24.8 Å². The Kier molecular flexibility index (Phi) is 7.47. The lowest BCUT2D eigenvalue weighted by molar-refractivity contribution is 0.0945. The van der Waals surface area contributed by atoms with Gasteiger partial charge < -0.3 is 10.1 Å². The summed E-state index contributed by atoms with van der Waals surface area (Å²) >= 11 is 0. The zero-order valence-corrected chi connectivity index (χ0v) is 18.3. The van der Waals surface area contributed by atoms with Crippen LogP contribution in [0.15, 0.2) is 59.5 Å². The lowest BCUT2D eigenvalue weighted by Gasteiger charge is -2.33. The van der Waals surface area contributed by atoms with E-state index in [9.17, 15) is 13.2 Å². The van der Waals surface area contributed by atoms with Gasteiger partial charge in [0.1, 0.15) is 5.75 Å². The lowest BCUT2D eigenvalue weighted by Crippen LogP contribution is -2.50. The molecule has 8 heteroatoms. The van der Waals surface area contributed by atoms with Gasteiger partial charge in [-0.3, -0.25) is 9.69 Å². The third-order valence-electron chi connectivity index (χ3n) is 4.91. The first-order chi connectivity index (χ1) is 14.4. The number of carbonyl (C=O) groups excluding carboxylic acids is 1. The maximum Gasteiger partial charge on any atom is 0.251 e. The minimum absolute atomic E-state index is 0.0906. The summed E-state index contributed by atoms with van der Waals surface area (Å²) in [6.07, 6.45) is 0.0906. The molecule has 162 valence electrons. The molecule has 0 bridgehead atoms. The van der Waals surface area contributed by atoms with Crippen molar-refractivity contribution in [3.8, 4) is 5.75 Å². The molecular weight excluding hydrogens is 402 g/mol. The highest BCUT2D eigenvalue weighted by Crippen LogP contribution is 2.17. The number of hydrogen-bond donors (Lipinski definition) is 1. The van der Waals surface area contributed by atoms with Gasteiger partial charge in [0.05, 0.1) is 11.0 Å². The van der Waals surface area contributed by atoms with Crippen molar-refractivity contribution in [3.05, 3.63) is 60.2 Å². The Balaban J connectivity index is 1.42. The molecule has 7 nitrogen and oxygen atoms in total. The number of benzene rings is 2. The summed E-state index contributed by atoms with van der Waals surface area (Å²) in [5, 5.41) is 2.92. The first-order valence-electron chi connectivity index (χ1n) is 10.2. The van der Waals surface area contributed by atoms with Crippen LogP contribution in [0.5, 0.6) is 5.75 Å². The summed E-state index contributed by atoms with van der Waals surface area (Å²) in [5.41, 5.74) is 0.588. The van der Waals surface area contributed by atoms with Gasteiger partial charge in [0.25, 0.3) is 5.91 Å². The van der Waals surface area contributed by atoms with E-state index in [0.29, 0.717) is 49.7 Å². The Morgan fingerprint density at radius 2 is 1.63 bits per heavy atom. The van der Waals surface area contributed by atoms with Crippen LogP contribution >= 0.6 is 0 Å². The first kappa shape index (κ1) is 22.3. The van der Waals surface area contributed by atoms with Crippen molar-refractivity contribution in [3.63, 3.8) is 0 Å². The van der Waals surface area contributed by atoms with Crippen molar-refractivity contribution >= 4 is 15.9 Å². The molecule has 1 amide bonds. The quantitative estimate of drug-likeness (QED) is 0.693. The largest absolute Gasteiger partial charge is 0.491 e. The van der Waals surface area contributed by atoms with E-state index in [1.165, 1.54) is 4.31 Å². The van der Waals surface area contributed by atoms with E-state index in [-0.39, 0.29) is 12.0 Å². The molecule has 0 saturated carbocycles. The average Bonchev–Trinajstić information content (AvgIpc) is 2.75. The Labute approximate surface area is 178 Å². The highest BCUT2D eigenvalue weighted by molar-refractivity contribution is 7.89. The topological polar surface area (TPSA) is 79.0 Å². The summed E-state index contributed by atoms with van der Waals surface area (Å²) in [6.45, 7) is 7.28. The zero-order valence-electron chi connectivity index (χ0n) is 17.5. The van der Waals surface area contributed by atoms with Crippen LogP contribution in [-0.4, -0.2) is 68.9 Å². The zero-order chi connectivity index (χ0) is 21.6. The van der Waals surface area contributed by atoms with Gasteiger partial charge in [0.2, 0.25) is 10.0 Å². The monoisotopic (exact) mass is 431 g/mol. The van der Waals surface area contributed by atoms with Crippen LogP contribution in [0.2, 0.25) is 0 Å². The van der Waals surface area contributed by atoms with Gasteiger partial charge in [-0.2, -0.15) is 4.31 Å². The lowest BCUT2D eigenvalue weighted by atomic mass is 10.2. The number of amides is 1. The second-order valence-corrected chi connectivity index (χ2v) is 9.44. The van der Waals surface area contributed by atoms with Gasteiger partial charge in [-0.25, -0.2) is 8.42 Å². The minimum Gasteiger partial charge on any atom is -0.491 e. The van der Waals surface area contributed by atoms with Gasteiger partial charge in [0.15, 0.2) is 0 Å². The van der Waals surface area contributed by atoms with Crippen LogP contribution in [-0.2, 0) is 10.0 Å². The van der Waals surface area contributed by atoms with Crippen molar-refractivity contribution in [1.82, 2.24) is 14.5 Å². The molecule has 1 aliphatic heterocycles. The maximum atomic E-state index is 12.7. The van der Waals surface area contributed by atoms with E-state index in [1.807, 2.05) is 13.8 Å². The van der Waals surface area contributed by atoms with Crippen LogP contribution in [0.25, 0.3) is 0 Å². The third kappa shape index (κ3) is 5.81.